The van der Waals surface area contributed by atoms with Gasteiger partial charge in [-0.25, -0.2) is 4.79 Å². The maximum absolute atomic E-state index is 12.7. The van der Waals surface area contributed by atoms with Crippen molar-refractivity contribution >= 4 is 50.0 Å². The lowest BCUT2D eigenvalue weighted by molar-refractivity contribution is -0.114. The molecule has 2 amide bonds. The fraction of sp³-hybridized carbons (Fsp3) is 0.217. The number of carbonyl (C=O) groups is 2. The zero-order valence-electron chi connectivity index (χ0n) is 19.6. The van der Waals surface area contributed by atoms with E-state index in [1.54, 1.807) is 13.0 Å². The number of hydrogen-bond acceptors (Lipinski definition) is 10. The normalized spacial score (nSPS) is 11.6. The van der Waals surface area contributed by atoms with Gasteiger partial charge in [-0.05, 0) is 28.4 Å². The van der Waals surface area contributed by atoms with Crippen molar-refractivity contribution in [1.29, 1.82) is 0 Å². The zero-order chi connectivity index (χ0) is 26.4. The molecule has 0 spiro atoms. The molecule has 12 nitrogen and oxygen atoms in total. The number of ether oxygens (including phenoxy) is 2. The van der Waals surface area contributed by atoms with E-state index in [-0.39, 0.29) is 33.6 Å². The van der Waals surface area contributed by atoms with Crippen LogP contribution in [0.2, 0.25) is 0 Å². The number of hydrogen-bond donors (Lipinski definition) is 2. The Morgan fingerprint density at radius 2 is 1.97 bits per heavy atom. The molecule has 14 heteroatoms. The minimum atomic E-state index is -0.830. The van der Waals surface area contributed by atoms with Crippen LogP contribution in [-0.4, -0.2) is 44.5 Å². The molecule has 0 aliphatic carbocycles. The minimum Gasteiger partial charge on any atom is -0.480 e. The Bertz CT molecular complexity index is 1450. The van der Waals surface area contributed by atoms with Crippen molar-refractivity contribution in [1.82, 2.24) is 20.0 Å². The molecule has 4 rings (SSSR count). The number of benzene rings is 1. The Balaban J connectivity index is 1.37. The van der Waals surface area contributed by atoms with E-state index in [4.69, 9.17) is 13.9 Å². The predicted molar refractivity (Wildman–Crippen MR) is 138 cm³/mol. The molecular weight excluding hydrogens is 568 g/mol. The van der Waals surface area contributed by atoms with Crippen molar-refractivity contribution in [3.05, 3.63) is 74.9 Å². The average molecular weight is 589 g/mol. The maximum atomic E-state index is 12.7. The minimum absolute atomic E-state index is 0.0743. The lowest BCUT2D eigenvalue weighted by atomic mass is 10.2. The second-order valence-electron chi connectivity index (χ2n) is 7.66. The average Bonchev–Trinajstić information content (AvgIpc) is 3.51. The molecule has 1 aromatic carbocycles. The van der Waals surface area contributed by atoms with E-state index in [2.05, 4.69) is 41.9 Å². The van der Waals surface area contributed by atoms with E-state index < -0.39 is 17.6 Å². The van der Waals surface area contributed by atoms with Crippen LogP contribution in [0, 0.1) is 0 Å². The monoisotopic (exact) mass is 588 g/mol. The molecule has 3 aromatic heterocycles. The molecule has 0 bridgehead atoms. The topological polar surface area (TPSA) is 150 Å². The summed E-state index contributed by atoms with van der Waals surface area (Å²) in [5, 5.41) is 17.5. The van der Waals surface area contributed by atoms with Gasteiger partial charge in [0.1, 0.15) is 11.9 Å². The van der Waals surface area contributed by atoms with E-state index in [9.17, 15) is 14.4 Å². The number of anilines is 2. The number of rotatable bonds is 10. The lowest BCUT2D eigenvalue weighted by Gasteiger charge is -2.15. The van der Waals surface area contributed by atoms with Gasteiger partial charge in [-0.2, -0.15) is 9.78 Å². The van der Waals surface area contributed by atoms with Crippen LogP contribution in [0.4, 0.5) is 10.9 Å². The first-order chi connectivity index (χ1) is 17.8. The van der Waals surface area contributed by atoms with E-state index >= 15 is 0 Å². The van der Waals surface area contributed by atoms with Gasteiger partial charge in [0.05, 0.1) is 23.9 Å². The fourth-order valence-corrected chi connectivity index (χ4v) is 4.24. The quantitative estimate of drug-likeness (QED) is 0.283. The van der Waals surface area contributed by atoms with Crippen molar-refractivity contribution in [2.45, 2.75) is 26.6 Å². The molecule has 0 saturated heterocycles. The van der Waals surface area contributed by atoms with Crippen LogP contribution >= 0.6 is 27.3 Å². The number of nitrogens with one attached hydrogen (secondary N) is 2. The Labute approximate surface area is 222 Å². The van der Waals surface area contributed by atoms with Gasteiger partial charge in [-0.3, -0.25) is 14.9 Å². The van der Waals surface area contributed by atoms with Crippen molar-refractivity contribution in [2.75, 3.05) is 17.2 Å². The van der Waals surface area contributed by atoms with Gasteiger partial charge in [-0.1, -0.05) is 41.7 Å². The van der Waals surface area contributed by atoms with Gasteiger partial charge in [0.15, 0.2) is 5.76 Å². The molecule has 0 aliphatic heterocycles. The first kappa shape index (κ1) is 26.2. The van der Waals surface area contributed by atoms with Crippen LogP contribution in [0.25, 0.3) is 5.13 Å². The third-order valence-corrected chi connectivity index (χ3v) is 6.04. The Morgan fingerprint density at radius 3 is 2.70 bits per heavy atom. The third kappa shape index (κ3) is 6.87. The van der Waals surface area contributed by atoms with Gasteiger partial charge >= 0.3 is 5.63 Å². The van der Waals surface area contributed by atoms with Crippen molar-refractivity contribution in [2.24, 2.45) is 0 Å². The summed E-state index contributed by atoms with van der Waals surface area (Å²) in [6, 6.07) is 12.6. The highest BCUT2D eigenvalue weighted by atomic mass is 79.9. The molecule has 192 valence electrons. The summed E-state index contributed by atoms with van der Waals surface area (Å²) in [5.41, 5.74) is 0.190. The van der Waals surface area contributed by atoms with Crippen molar-refractivity contribution in [3.63, 3.8) is 0 Å². The van der Waals surface area contributed by atoms with E-state index in [0.29, 0.717) is 17.6 Å². The fourth-order valence-electron chi connectivity index (χ4n) is 3.06. The zero-order valence-corrected chi connectivity index (χ0v) is 22.0. The smallest absolute Gasteiger partial charge is 0.380 e. The van der Waals surface area contributed by atoms with Crippen LogP contribution in [0.5, 0.6) is 5.75 Å². The van der Waals surface area contributed by atoms with Crippen LogP contribution in [-0.2, 0) is 16.1 Å². The van der Waals surface area contributed by atoms with Crippen molar-refractivity contribution in [3.8, 4) is 10.9 Å². The molecule has 2 N–H and O–H groups in total. The molecule has 4 aromatic rings. The van der Waals surface area contributed by atoms with Crippen LogP contribution in [0.3, 0.4) is 0 Å². The highest BCUT2D eigenvalue weighted by molar-refractivity contribution is 9.10. The molecule has 0 unspecified atom stereocenters. The van der Waals surface area contributed by atoms with Gasteiger partial charge in [0.2, 0.25) is 21.9 Å². The molecule has 0 aliphatic rings. The molecule has 3 heterocycles. The van der Waals surface area contributed by atoms with Gasteiger partial charge in [0, 0.05) is 19.1 Å². The molecule has 0 fully saturated rings. The number of aromatic nitrogens is 4. The molecule has 0 radical (unpaired) electrons. The first-order valence-electron chi connectivity index (χ1n) is 10.9. The second-order valence-corrected chi connectivity index (χ2v) is 9.47. The molecule has 37 heavy (non-hydrogen) atoms. The molecular formula is C23H21BrN6O6S. The highest BCUT2D eigenvalue weighted by Gasteiger charge is 2.20. The summed E-state index contributed by atoms with van der Waals surface area (Å²) in [5.74, 6) is -0.927. The van der Waals surface area contributed by atoms with Crippen LogP contribution in [0.1, 0.15) is 30.0 Å². The van der Waals surface area contributed by atoms with Gasteiger partial charge < -0.3 is 19.2 Å². The summed E-state index contributed by atoms with van der Waals surface area (Å²) in [7, 11) is 0. The summed E-state index contributed by atoms with van der Waals surface area (Å²) < 4.78 is 18.1. The van der Waals surface area contributed by atoms with Gasteiger partial charge in [0.25, 0.3) is 5.91 Å². The largest absolute Gasteiger partial charge is 0.480 e. The molecule has 1 atom stereocenters. The Morgan fingerprint density at radius 1 is 1.19 bits per heavy atom. The summed E-state index contributed by atoms with van der Waals surface area (Å²) in [4.78, 5) is 36.5. The Kier molecular flexibility index (Phi) is 8.43. The van der Waals surface area contributed by atoms with E-state index in [0.717, 1.165) is 16.9 Å². The van der Waals surface area contributed by atoms with Crippen molar-refractivity contribution < 1.29 is 23.5 Å². The number of amides is 2. The summed E-state index contributed by atoms with van der Waals surface area (Å²) >= 11 is 4.27. The summed E-state index contributed by atoms with van der Waals surface area (Å²) in [6.45, 7) is 3.77. The van der Waals surface area contributed by atoms with E-state index in [1.165, 1.54) is 23.9 Å². The number of nitrogens with zero attached hydrogens (tertiary/aromatic N) is 4. The first-order valence-corrected chi connectivity index (χ1v) is 12.5. The second kappa shape index (κ2) is 11.9. The summed E-state index contributed by atoms with van der Waals surface area (Å²) in [6.07, 6.45) is 1.03. The Hall–Kier alpha value is -3.88. The number of halogens is 1. The number of carbonyl (C=O) groups excluding carboxylic acids is 2. The standard InChI is InChI=1S/C23H21BrN6O6S/c1-13(11-34-12-15-6-4-3-5-7-15)35-19-16(24)10-17(36-21(19)33)20(32)27-22-28-29-23(37-22)30-18(8-9-25-30)26-14(2)31/h3-10,13H,11-12H2,1-2H3,(H,26,31)(H,27,28,32)/t13-/m0/s1. The van der Waals surface area contributed by atoms with E-state index in [1.807, 2.05) is 30.3 Å². The third-order valence-electron chi connectivity index (χ3n) is 4.63. The van der Waals surface area contributed by atoms with Gasteiger partial charge in [-0.15, -0.1) is 10.2 Å². The highest BCUT2D eigenvalue weighted by Crippen LogP contribution is 2.25. The lowest BCUT2D eigenvalue weighted by Crippen LogP contribution is -2.23. The maximum Gasteiger partial charge on any atom is 0.380 e. The molecule has 0 saturated carbocycles. The van der Waals surface area contributed by atoms with Crippen LogP contribution in [0.15, 0.2) is 62.3 Å². The SMILES string of the molecule is CC(=O)Nc1ccnn1-c1nnc(NC(=O)c2cc(Br)c(O[C@@H](C)COCc3ccccc3)c(=O)o2)s1. The van der Waals surface area contributed by atoms with Crippen LogP contribution < -0.4 is 21.0 Å². The predicted octanol–water partition coefficient (Wildman–Crippen LogP) is 3.63.